The molecule has 0 saturated carbocycles. The average molecular weight is 561 g/mol. The van der Waals surface area contributed by atoms with E-state index in [9.17, 15) is 24.9 Å². The second-order valence-corrected chi connectivity index (χ2v) is 9.71. The lowest BCUT2D eigenvalue weighted by Gasteiger charge is -2.28. The van der Waals surface area contributed by atoms with Gasteiger partial charge >= 0.3 is 6.09 Å². The number of carbonyl (C=O) groups excluding carboxylic acids is 2. The van der Waals surface area contributed by atoms with Crippen LogP contribution in [0.4, 0.5) is 10.5 Å². The number of benzene rings is 1. The minimum absolute atomic E-state index is 0.0171. The summed E-state index contributed by atoms with van der Waals surface area (Å²) >= 11 is 0. The zero-order valence-corrected chi connectivity index (χ0v) is 23.9. The maximum atomic E-state index is 12.9. The van der Waals surface area contributed by atoms with Gasteiger partial charge in [0.25, 0.3) is 5.91 Å². The number of hydrogen-bond acceptors (Lipinski definition) is 9. The number of anilines is 1. The first-order valence-electron chi connectivity index (χ1n) is 12.7. The molecule has 0 aliphatic carbocycles. The third kappa shape index (κ3) is 8.10. The van der Waals surface area contributed by atoms with Crippen LogP contribution in [0, 0.1) is 5.92 Å². The number of hydrogen-bond donors (Lipinski definition) is 5. The third-order valence-electron chi connectivity index (χ3n) is 6.65. The summed E-state index contributed by atoms with van der Waals surface area (Å²) in [6.45, 7) is 6.86. The second kappa shape index (κ2) is 14.5. The van der Waals surface area contributed by atoms with Gasteiger partial charge in [0, 0.05) is 31.8 Å². The molecule has 1 aromatic carbocycles. The molecule has 2 bridgehead atoms. The minimum Gasteiger partial charge on any atom is -0.505 e. The molecule has 0 saturated heterocycles. The van der Waals surface area contributed by atoms with Crippen LogP contribution in [0.2, 0.25) is 0 Å². The highest BCUT2D eigenvalue weighted by atomic mass is 16.6. The molecule has 40 heavy (non-hydrogen) atoms. The molecule has 1 aliphatic heterocycles. The molecule has 1 heterocycles. The topological polar surface area (TPSA) is 170 Å². The number of nitrogens with two attached hydrogens (primary N) is 1. The van der Waals surface area contributed by atoms with Crippen LogP contribution >= 0.6 is 0 Å². The lowest BCUT2D eigenvalue weighted by atomic mass is 9.91. The van der Waals surface area contributed by atoms with Gasteiger partial charge in [-0.1, -0.05) is 36.8 Å². The Morgan fingerprint density at radius 1 is 1.12 bits per heavy atom. The Bertz CT molecular complexity index is 1200. The lowest BCUT2D eigenvalue weighted by Crippen LogP contribution is -2.36. The first kappa shape index (κ1) is 32.4. The lowest BCUT2D eigenvalue weighted by molar-refractivity contribution is -0.112. The van der Waals surface area contributed by atoms with Crippen molar-refractivity contribution in [1.82, 2.24) is 0 Å². The summed E-state index contributed by atoms with van der Waals surface area (Å²) in [7, 11) is 4.25. The first-order chi connectivity index (χ1) is 18.8. The van der Waals surface area contributed by atoms with E-state index in [0.717, 1.165) is 0 Å². The highest BCUT2D eigenvalue weighted by Crippen LogP contribution is 2.43. The van der Waals surface area contributed by atoms with Crippen molar-refractivity contribution in [3.05, 3.63) is 52.7 Å². The fourth-order valence-corrected chi connectivity index (χ4v) is 4.47. The average Bonchev–Trinajstić information content (AvgIpc) is 2.90. The summed E-state index contributed by atoms with van der Waals surface area (Å²) in [4.78, 5) is 24.6. The molecule has 5 unspecified atom stereocenters. The summed E-state index contributed by atoms with van der Waals surface area (Å²) < 4.78 is 21.8. The van der Waals surface area contributed by atoms with Crippen molar-refractivity contribution in [2.24, 2.45) is 11.7 Å². The molecule has 6 N–H and O–H groups in total. The second-order valence-electron chi connectivity index (χ2n) is 9.71. The molecule has 0 radical (unpaired) electrons. The number of allylic oxidation sites excluding steroid dienone is 2. The van der Waals surface area contributed by atoms with E-state index in [4.69, 9.17) is 24.7 Å². The Kier molecular flexibility index (Phi) is 11.8. The van der Waals surface area contributed by atoms with Gasteiger partial charge in [0.05, 0.1) is 30.6 Å². The van der Waals surface area contributed by atoms with Gasteiger partial charge in [-0.3, -0.25) is 4.79 Å². The van der Waals surface area contributed by atoms with Crippen molar-refractivity contribution < 1.29 is 43.9 Å². The van der Waals surface area contributed by atoms with Crippen molar-refractivity contribution >= 4 is 23.8 Å². The Balaban J connectivity index is 2.72. The van der Waals surface area contributed by atoms with Crippen LogP contribution in [0.15, 0.2) is 47.1 Å². The van der Waals surface area contributed by atoms with E-state index in [1.54, 1.807) is 52.0 Å². The monoisotopic (exact) mass is 560 g/mol. The molecule has 0 fully saturated rings. The van der Waals surface area contributed by atoms with Gasteiger partial charge in [0.2, 0.25) is 0 Å². The number of phenols is 2. The summed E-state index contributed by atoms with van der Waals surface area (Å²) in [5.41, 5.74) is 6.98. The Morgan fingerprint density at radius 3 is 2.38 bits per heavy atom. The van der Waals surface area contributed by atoms with Gasteiger partial charge in [-0.15, -0.1) is 0 Å². The first-order valence-corrected chi connectivity index (χ1v) is 12.7. The van der Waals surface area contributed by atoms with Crippen LogP contribution in [0.5, 0.6) is 17.2 Å². The van der Waals surface area contributed by atoms with E-state index in [1.165, 1.54) is 33.5 Å². The van der Waals surface area contributed by atoms with Crippen LogP contribution in [0.3, 0.4) is 0 Å². The molecule has 1 aromatic rings. The molecular formula is C29H40N2O9. The van der Waals surface area contributed by atoms with E-state index in [0.29, 0.717) is 11.1 Å². The number of aromatic hydroxyl groups is 2. The van der Waals surface area contributed by atoms with Crippen molar-refractivity contribution in [3.8, 4) is 17.2 Å². The zero-order valence-electron chi connectivity index (χ0n) is 23.9. The fourth-order valence-electron chi connectivity index (χ4n) is 4.47. The summed E-state index contributed by atoms with van der Waals surface area (Å²) in [5.74, 6) is -1.57. The number of rotatable bonds is 4. The Hall–Kier alpha value is -3.80. The Labute approximate surface area is 234 Å². The SMILES string of the molecule is COc1c(O)cc2c(O)c1/C=C(/C)CC(OC)C(O)C(C)C=C(C)C(OC(N)=O)C(OC)/C=C\C=C(C)C(=O)N2. The number of carbonyl (C=O) groups is 2. The predicted octanol–water partition coefficient (Wildman–Crippen LogP) is 3.79. The van der Waals surface area contributed by atoms with Crippen molar-refractivity contribution in [1.29, 1.82) is 0 Å². The number of aliphatic hydroxyl groups excluding tert-OH is 1. The van der Waals surface area contributed by atoms with Crippen LogP contribution in [0.1, 0.15) is 39.7 Å². The van der Waals surface area contributed by atoms with Gasteiger partial charge in [-0.05, 0) is 38.8 Å². The number of nitrogens with one attached hydrogen (secondary N) is 1. The molecule has 220 valence electrons. The summed E-state index contributed by atoms with van der Waals surface area (Å²) in [6.07, 6.45) is 3.94. The highest BCUT2D eigenvalue weighted by Gasteiger charge is 2.29. The van der Waals surface area contributed by atoms with Crippen LogP contribution in [-0.2, 0) is 19.0 Å². The number of primary amides is 1. The number of methoxy groups -OCH3 is 3. The number of ether oxygens (including phenoxy) is 4. The summed E-state index contributed by atoms with van der Waals surface area (Å²) in [5, 5.41) is 35.3. The number of fused-ring (bicyclic) bond motifs is 2. The van der Waals surface area contributed by atoms with Gasteiger partial charge in [0.15, 0.2) is 17.6 Å². The van der Waals surface area contributed by atoms with Crippen molar-refractivity contribution in [3.63, 3.8) is 0 Å². The smallest absolute Gasteiger partial charge is 0.405 e. The van der Waals surface area contributed by atoms with Crippen molar-refractivity contribution in [2.75, 3.05) is 26.6 Å². The van der Waals surface area contributed by atoms with E-state index >= 15 is 0 Å². The fraction of sp³-hybridized carbons (Fsp3) is 0.448. The highest BCUT2D eigenvalue weighted by molar-refractivity contribution is 6.05. The van der Waals surface area contributed by atoms with E-state index in [2.05, 4.69) is 5.32 Å². The molecular weight excluding hydrogens is 520 g/mol. The molecule has 1 aliphatic rings. The number of phenolic OH excluding ortho intramolecular Hbond substituents is 2. The molecule has 11 nitrogen and oxygen atoms in total. The number of aliphatic hydroxyl groups is 1. The van der Waals surface area contributed by atoms with E-state index < -0.39 is 42.3 Å². The maximum absolute atomic E-state index is 12.9. The minimum atomic E-state index is -0.998. The molecule has 0 aromatic heterocycles. The quantitative estimate of drug-likeness (QED) is 0.209. The van der Waals surface area contributed by atoms with Crippen LogP contribution in [0.25, 0.3) is 6.08 Å². The van der Waals surface area contributed by atoms with Gasteiger partial charge < -0.3 is 45.3 Å². The standard InChI is InChI=1S/C29H40N2O9/c1-15-11-19-25(34)20(14-21(32)27(19)39-7)31-28(35)16(2)9-8-10-22(37-5)26(40-29(30)36)18(4)13-17(3)24(33)23(12-15)38-6/h8-11,13-14,17,22-24,26,32-34H,12H2,1-7H3,(H2,30,36)(H,31,35)/b10-8-,15-11-,16-9?,18-13?. The van der Waals surface area contributed by atoms with Gasteiger partial charge in [-0.2, -0.15) is 0 Å². The van der Waals surface area contributed by atoms with E-state index in [-0.39, 0.29) is 40.5 Å². The molecule has 2 amide bonds. The molecule has 5 atom stereocenters. The van der Waals surface area contributed by atoms with Crippen LogP contribution in [-0.4, -0.2) is 73.1 Å². The predicted molar refractivity (Wildman–Crippen MR) is 151 cm³/mol. The Morgan fingerprint density at radius 2 is 1.80 bits per heavy atom. The normalized spacial score (nSPS) is 26.9. The third-order valence-corrected chi connectivity index (χ3v) is 6.65. The molecule has 2 rings (SSSR count). The van der Waals surface area contributed by atoms with Gasteiger partial charge in [-0.25, -0.2) is 4.79 Å². The maximum Gasteiger partial charge on any atom is 0.405 e. The summed E-state index contributed by atoms with van der Waals surface area (Å²) in [6, 6.07) is 1.19. The zero-order chi connectivity index (χ0) is 30.1. The van der Waals surface area contributed by atoms with E-state index in [1.807, 2.05) is 0 Å². The van der Waals surface area contributed by atoms with Crippen LogP contribution < -0.4 is 15.8 Å². The number of amides is 2. The molecule has 0 spiro atoms. The van der Waals surface area contributed by atoms with Gasteiger partial charge in [0.1, 0.15) is 11.9 Å². The van der Waals surface area contributed by atoms with Crippen molar-refractivity contribution in [2.45, 2.75) is 58.5 Å². The largest absolute Gasteiger partial charge is 0.505 e. The molecule has 11 heteroatoms.